The van der Waals surface area contributed by atoms with Crippen molar-refractivity contribution in [1.82, 2.24) is 0 Å². The number of hydrogen-bond donors (Lipinski definition) is 0. The Morgan fingerprint density at radius 2 is 1.45 bits per heavy atom. The molecule has 0 unspecified atom stereocenters. The van der Waals surface area contributed by atoms with Crippen LogP contribution in [0, 0.1) is 5.92 Å². The summed E-state index contributed by atoms with van der Waals surface area (Å²) < 4.78 is 12.2. The summed E-state index contributed by atoms with van der Waals surface area (Å²) in [6.07, 6.45) is 14.9. The Morgan fingerprint density at radius 3 is 2.13 bits per heavy atom. The van der Waals surface area contributed by atoms with Crippen molar-refractivity contribution >= 4 is 16.6 Å². The molecule has 0 aromatic heterocycles. The summed E-state index contributed by atoms with van der Waals surface area (Å²) >= 11 is 0. The maximum atomic E-state index is 12.4. The Bertz CT molecular complexity index is 1090. The first-order valence-corrected chi connectivity index (χ1v) is 15.0. The standard InChI is InChI=1S/C35H48O3/c1-4-6-7-8-9-10-11-12-13-14-24-37-32-22-23-33-31(26-32)16-15-17-35(33)38-27-29-18-20-30(21-19-29)34(36)25-28(3)5-2/h15-23,26,28H,4-14,24-25,27H2,1-3H3/t28-/m1/s1. The lowest BCUT2D eigenvalue weighted by molar-refractivity contribution is 0.0963. The number of fused-ring (bicyclic) bond motifs is 1. The van der Waals surface area contributed by atoms with Crippen LogP contribution < -0.4 is 9.47 Å². The number of hydrogen-bond acceptors (Lipinski definition) is 3. The molecule has 206 valence electrons. The van der Waals surface area contributed by atoms with Gasteiger partial charge in [0.15, 0.2) is 5.78 Å². The number of rotatable bonds is 19. The average Bonchev–Trinajstić information content (AvgIpc) is 2.94. The van der Waals surface area contributed by atoms with E-state index in [9.17, 15) is 4.79 Å². The van der Waals surface area contributed by atoms with Gasteiger partial charge in [-0.25, -0.2) is 0 Å². The first kappa shape index (κ1) is 29.7. The number of ketones is 1. The number of ether oxygens (including phenoxy) is 2. The molecule has 0 amide bonds. The summed E-state index contributed by atoms with van der Waals surface area (Å²) in [6, 6.07) is 20.2. The third-order valence-corrected chi connectivity index (χ3v) is 7.48. The lowest BCUT2D eigenvalue weighted by Gasteiger charge is -2.12. The summed E-state index contributed by atoms with van der Waals surface area (Å²) in [7, 11) is 0. The highest BCUT2D eigenvalue weighted by Crippen LogP contribution is 2.29. The molecule has 0 saturated carbocycles. The molecule has 3 aromatic rings. The van der Waals surface area contributed by atoms with Gasteiger partial charge in [0, 0.05) is 17.4 Å². The minimum atomic E-state index is 0.215. The lowest BCUT2D eigenvalue weighted by atomic mass is 9.97. The maximum absolute atomic E-state index is 12.4. The lowest BCUT2D eigenvalue weighted by Crippen LogP contribution is -2.05. The largest absolute Gasteiger partial charge is 0.494 e. The van der Waals surface area contributed by atoms with Gasteiger partial charge in [-0.1, -0.05) is 121 Å². The van der Waals surface area contributed by atoms with Gasteiger partial charge in [0.1, 0.15) is 18.1 Å². The Morgan fingerprint density at radius 1 is 0.763 bits per heavy atom. The minimum Gasteiger partial charge on any atom is -0.494 e. The average molecular weight is 517 g/mol. The van der Waals surface area contributed by atoms with Gasteiger partial charge in [0.2, 0.25) is 0 Å². The predicted molar refractivity (Wildman–Crippen MR) is 160 cm³/mol. The van der Waals surface area contributed by atoms with Crippen LogP contribution in [0.4, 0.5) is 0 Å². The summed E-state index contributed by atoms with van der Waals surface area (Å²) in [6.45, 7) is 7.76. The van der Waals surface area contributed by atoms with E-state index in [1.807, 2.05) is 42.5 Å². The Labute approximate surface area is 230 Å². The van der Waals surface area contributed by atoms with Crippen LogP contribution in [0.1, 0.15) is 114 Å². The first-order chi connectivity index (χ1) is 18.6. The van der Waals surface area contributed by atoms with Gasteiger partial charge in [-0.15, -0.1) is 0 Å². The van der Waals surface area contributed by atoms with Crippen LogP contribution in [0.3, 0.4) is 0 Å². The molecule has 0 spiro atoms. The van der Waals surface area contributed by atoms with E-state index < -0.39 is 0 Å². The van der Waals surface area contributed by atoms with Crippen molar-refractivity contribution in [2.45, 2.75) is 104 Å². The van der Waals surface area contributed by atoms with Crippen molar-refractivity contribution in [3.05, 3.63) is 71.8 Å². The fourth-order valence-corrected chi connectivity index (χ4v) is 4.75. The number of unbranched alkanes of at least 4 members (excludes halogenated alkanes) is 9. The number of Topliss-reactive ketones (excluding diaryl/α,β-unsaturated/α-hetero) is 1. The molecule has 0 aliphatic heterocycles. The van der Waals surface area contributed by atoms with Gasteiger partial charge in [-0.2, -0.15) is 0 Å². The molecule has 0 fully saturated rings. The van der Waals surface area contributed by atoms with Crippen molar-refractivity contribution in [2.75, 3.05) is 6.61 Å². The van der Waals surface area contributed by atoms with Crippen molar-refractivity contribution in [1.29, 1.82) is 0 Å². The number of benzene rings is 3. The molecule has 1 atom stereocenters. The normalized spacial score (nSPS) is 12.0. The van der Waals surface area contributed by atoms with Crippen molar-refractivity contribution in [2.24, 2.45) is 5.92 Å². The van der Waals surface area contributed by atoms with Crippen molar-refractivity contribution in [3.8, 4) is 11.5 Å². The molecule has 3 rings (SSSR count). The zero-order valence-corrected chi connectivity index (χ0v) is 24.0. The van der Waals surface area contributed by atoms with Crippen molar-refractivity contribution < 1.29 is 14.3 Å². The third-order valence-electron chi connectivity index (χ3n) is 7.48. The molecule has 0 radical (unpaired) electrons. The van der Waals surface area contributed by atoms with Crippen LogP contribution in [0.5, 0.6) is 11.5 Å². The van der Waals surface area contributed by atoms with Gasteiger partial charge in [-0.05, 0) is 47.6 Å². The molecule has 38 heavy (non-hydrogen) atoms. The van der Waals surface area contributed by atoms with E-state index in [4.69, 9.17) is 9.47 Å². The van der Waals surface area contributed by atoms with Gasteiger partial charge >= 0.3 is 0 Å². The number of carbonyl (C=O) groups is 1. The van der Waals surface area contributed by atoms with Gasteiger partial charge in [0.05, 0.1) is 6.61 Å². The van der Waals surface area contributed by atoms with Crippen LogP contribution >= 0.6 is 0 Å². The third kappa shape index (κ3) is 10.2. The molecule has 0 bridgehead atoms. The Kier molecular flexibility index (Phi) is 13.2. The molecule has 3 heteroatoms. The molecule has 0 saturated heterocycles. The fraction of sp³-hybridized carbons (Fsp3) is 0.514. The molecule has 0 aliphatic carbocycles. The second kappa shape index (κ2) is 16.9. The second-order valence-electron chi connectivity index (χ2n) is 10.8. The highest BCUT2D eigenvalue weighted by molar-refractivity contribution is 5.96. The van der Waals surface area contributed by atoms with Crippen LogP contribution in [-0.4, -0.2) is 12.4 Å². The maximum Gasteiger partial charge on any atom is 0.163 e. The molecule has 0 heterocycles. The molecular formula is C35H48O3. The van der Waals surface area contributed by atoms with Crippen LogP contribution in [0.15, 0.2) is 60.7 Å². The molecule has 0 N–H and O–H groups in total. The van der Waals surface area contributed by atoms with E-state index in [0.29, 0.717) is 18.9 Å². The van der Waals surface area contributed by atoms with Crippen molar-refractivity contribution in [3.63, 3.8) is 0 Å². The number of carbonyl (C=O) groups excluding carboxylic acids is 1. The van der Waals surface area contributed by atoms with Crippen LogP contribution in [0.25, 0.3) is 10.8 Å². The molecule has 3 nitrogen and oxygen atoms in total. The van der Waals surface area contributed by atoms with Crippen LogP contribution in [0.2, 0.25) is 0 Å². The first-order valence-electron chi connectivity index (χ1n) is 15.0. The summed E-state index contributed by atoms with van der Waals surface area (Å²) in [5.41, 5.74) is 1.84. The minimum absolute atomic E-state index is 0.215. The van der Waals surface area contributed by atoms with E-state index in [1.165, 1.54) is 57.8 Å². The smallest absolute Gasteiger partial charge is 0.163 e. The summed E-state index contributed by atoms with van der Waals surface area (Å²) in [5.74, 6) is 2.42. The summed E-state index contributed by atoms with van der Waals surface area (Å²) in [4.78, 5) is 12.4. The highest BCUT2D eigenvalue weighted by Gasteiger charge is 2.10. The Hall–Kier alpha value is -2.81. The monoisotopic (exact) mass is 516 g/mol. The second-order valence-corrected chi connectivity index (χ2v) is 10.8. The van der Waals surface area contributed by atoms with E-state index in [1.54, 1.807) is 0 Å². The van der Waals surface area contributed by atoms with E-state index >= 15 is 0 Å². The molecular weight excluding hydrogens is 468 g/mol. The van der Waals surface area contributed by atoms with E-state index in [0.717, 1.165) is 52.8 Å². The fourth-order valence-electron chi connectivity index (χ4n) is 4.75. The topological polar surface area (TPSA) is 35.5 Å². The van der Waals surface area contributed by atoms with Gasteiger partial charge in [0.25, 0.3) is 0 Å². The van der Waals surface area contributed by atoms with E-state index in [2.05, 4.69) is 39.0 Å². The SMILES string of the molecule is CCCCCCCCCCCCOc1ccc2c(OCc3ccc(C(=O)C[C@H](C)CC)cc3)cccc2c1. The van der Waals surface area contributed by atoms with Gasteiger partial charge < -0.3 is 9.47 Å². The van der Waals surface area contributed by atoms with E-state index in [-0.39, 0.29) is 5.78 Å². The van der Waals surface area contributed by atoms with Crippen LogP contribution in [-0.2, 0) is 6.61 Å². The predicted octanol–water partition coefficient (Wildman–Crippen LogP) is 10.3. The zero-order valence-electron chi connectivity index (χ0n) is 24.0. The molecule has 3 aromatic carbocycles. The zero-order chi connectivity index (χ0) is 27.0. The quantitative estimate of drug-likeness (QED) is 0.117. The Balaban J connectivity index is 1.41. The molecule has 0 aliphatic rings. The highest BCUT2D eigenvalue weighted by atomic mass is 16.5. The van der Waals surface area contributed by atoms with Gasteiger partial charge in [-0.3, -0.25) is 4.79 Å². The summed E-state index contributed by atoms with van der Waals surface area (Å²) in [5, 5.41) is 2.20.